The zero-order valence-electron chi connectivity index (χ0n) is 10.8. The van der Waals surface area contributed by atoms with Gasteiger partial charge in [0, 0.05) is 20.0 Å². The van der Waals surface area contributed by atoms with Gasteiger partial charge in [-0.05, 0) is 6.42 Å². The highest BCUT2D eigenvalue weighted by Gasteiger charge is 2.15. The smallest absolute Gasteiger partial charge is 0.281 e. The first kappa shape index (κ1) is 14.6. The van der Waals surface area contributed by atoms with Crippen LogP contribution in [0.4, 0.5) is 0 Å². The summed E-state index contributed by atoms with van der Waals surface area (Å²) < 4.78 is 2.59. The minimum Gasteiger partial charge on any atom is -0.281 e. The number of aryl methyl sites for hydroxylation is 1. The number of hydrogen-bond acceptors (Lipinski definition) is 3. The maximum absolute atomic E-state index is 11.4. The Morgan fingerprint density at radius 1 is 1.12 bits per heavy atom. The van der Waals surface area contributed by atoms with Crippen LogP contribution >= 0.6 is 0 Å². The molecule has 1 aromatic heterocycles. The van der Waals surface area contributed by atoms with E-state index in [1.165, 1.54) is 7.05 Å². The van der Waals surface area contributed by atoms with Crippen LogP contribution in [0.5, 0.6) is 0 Å². The van der Waals surface area contributed by atoms with E-state index < -0.39 is 5.69 Å². The van der Waals surface area contributed by atoms with Crippen LogP contribution in [-0.4, -0.2) is 14.1 Å². The molecule has 0 bridgehead atoms. The van der Waals surface area contributed by atoms with E-state index in [0.29, 0.717) is 12.4 Å². The summed E-state index contributed by atoms with van der Waals surface area (Å²) in [6.07, 6.45) is 1.65. The van der Waals surface area contributed by atoms with Crippen molar-refractivity contribution in [2.24, 2.45) is 7.05 Å². The van der Waals surface area contributed by atoms with Gasteiger partial charge in [0.1, 0.15) is 5.82 Å². The number of fused-ring (bicyclic) bond motifs is 1. The maximum atomic E-state index is 11.4. The van der Waals surface area contributed by atoms with Crippen LogP contribution < -0.4 is 11.4 Å². The molecule has 0 aliphatic carbocycles. The van der Waals surface area contributed by atoms with E-state index in [4.69, 9.17) is 0 Å². The predicted octanol–water partition coefficient (Wildman–Crippen LogP) is 0.941. The van der Waals surface area contributed by atoms with Gasteiger partial charge in [-0.25, -0.2) is 14.2 Å². The molecule has 2 rings (SSSR count). The predicted molar refractivity (Wildman–Crippen MR) is 64.8 cm³/mol. The van der Waals surface area contributed by atoms with Crippen LogP contribution in [0.3, 0.4) is 0 Å². The molecule has 0 atom stereocenters. The fourth-order valence-corrected chi connectivity index (χ4v) is 1.43. The molecule has 0 aromatic carbocycles. The first-order valence-electron chi connectivity index (χ1n) is 5.87. The highest BCUT2D eigenvalue weighted by molar-refractivity contribution is 4.93. The zero-order chi connectivity index (χ0) is 12.7. The Balaban J connectivity index is 0.000000509. The topological polar surface area (TPSA) is 56.9 Å². The Bertz CT molecular complexity index is 432. The summed E-state index contributed by atoms with van der Waals surface area (Å²) in [7, 11) is 1.45. The molecule has 0 fully saturated rings. The second-order valence-electron chi connectivity index (χ2n) is 2.91. The Morgan fingerprint density at radius 2 is 1.69 bits per heavy atom. The quantitative estimate of drug-likeness (QED) is 0.663. The summed E-state index contributed by atoms with van der Waals surface area (Å²) in [4.78, 5) is 26.2. The van der Waals surface area contributed by atoms with Crippen LogP contribution in [0.25, 0.3) is 0 Å². The third-order valence-corrected chi connectivity index (χ3v) is 2.12. The van der Waals surface area contributed by atoms with E-state index in [2.05, 4.69) is 4.98 Å². The molecule has 0 radical (unpaired) electrons. The number of aromatic nitrogens is 3. The molecule has 2 heterocycles. The Labute approximate surface area is 95.8 Å². The lowest BCUT2D eigenvalue weighted by atomic mass is 10.4. The third kappa shape index (κ3) is 2.81. The second-order valence-corrected chi connectivity index (χ2v) is 2.91. The van der Waals surface area contributed by atoms with E-state index in [9.17, 15) is 9.59 Å². The van der Waals surface area contributed by atoms with Crippen molar-refractivity contribution in [2.75, 3.05) is 0 Å². The Kier molecular flexibility index (Phi) is 6.37. The van der Waals surface area contributed by atoms with Crippen molar-refractivity contribution in [3.05, 3.63) is 26.8 Å². The van der Waals surface area contributed by atoms with Crippen LogP contribution in [0.2, 0.25) is 0 Å². The number of rotatable bonds is 0. The van der Waals surface area contributed by atoms with Crippen LogP contribution in [0.15, 0.2) is 9.59 Å². The standard InChI is InChI=1S/C7H9N3O2.2C2H6/c1-9-6(11)8-5-3-2-4-10(5)7(9)12;2*1-2/h2-4H2,1H3;2*1-2H3. The molecule has 0 amide bonds. The first-order chi connectivity index (χ1) is 7.70. The average molecular weight is 227 g/mol. The van der Waals surface area contributed by atoms with Gasteiger partial charge in [-0.1, -0.05) is 27.7 Å². The highest BCUT2D eigenvalue weighted by atomic mass is 16.2. The monoisotopic (exact) mass is 227 g/mol. The molecular formula is C11H21N3O2. The first-order valence-corrected chi connectivity index (χ1v) is 5.87. The van der Waals surface area contributed by atoms with Gasteiger partial charge in [-0.3, -0.25) is 4.57 Å². The fraction of sp³-hybridized carbons (Fsp3) is 0.727. The lowest BCUT2D eigenvalue weighted by molar-refractivity contribution is 0.604. The summed E-state index contributed by atoms with van der Waals surface area (Å²) in [5.41, 5.74) is -0.698. The van der Waals surface area contributed by atoms with Gasteiger partial charge in [0.25, 0.3) is 0 Å². The Hall–Kier alpha value is -1.39. The molecule has 5 nitrogen and oxygen atoms in total. The normalized spacial score (nSPS) is 11.8. The molecule has 92 valence electrons. The molecule has 0 spiro atoms. The number of nitrogens with zero attached hydrogens (tertiary/aromatic N) is 3. The highest BCUT2D eigenvalue weighted by Crippen LogP contribution is 2.05. The van der Waals surface area contributed by atoms with E-state index >= 15 is 0 Å². The summed E-state index contributed by atoms with van der Waals surface area (Å²) in [5, 5.41) is 0. The van der Waals surface area contributed by atoms with Gasteiger partial charge in [0.2, 0.25) is 0 Å². The molecule has 0 saturated carbocycles. The van der Waals surface area contributed by atoms with E-state index in [0.717, 1.165) is 17.4 Å². The summed E-state index contributed by atoms with van der Waals surface area (Å²) in [5.74, 6) is 0.628. The molecular weight excluding hydrogens is 206 g/mol. The second kappa shape index (κ2) is 6.98. The van der Waals surface area contributed by atoms with Gasteiger partial charge in [0.15, 0.2) is 0 Å². The van der Waals surface area contributed by atoms with Crippen molar-refractivity contribution in [3.8, 4) is 0 Å². The van der Waals surface area contributed by atoms with Crippen molar-refractivity contribution >= 4 is 0 Å². The van der Waals surface area contributed by atoms with Crippen molar-refractivity contribution in [1.29, 1.82) is 0 Å². The van der Waals surface area contributed by atoms with Crippen molar-refractivity contribution < 1.29 is 0 Å². The maximum Gasteiger partial charge on any atom is 0.353 e. The zero-order valence-corrected chi connectivity index (χ0v) is 10.8. The fourth-order valence-electron chi connectivity index (χ4n) is 1.43. The lowest BCUT2D eigenvalue weighted by Crippen LogP contribution is -2.39. The largest absolute Gasteiger partial charge is 0.353 e. The van der Waals surface area contributed by atoms with Crippen LogP contribution in [0.1, 0.15) is 39.9 Å². The minimum absolute atomic E-state index is 0.248. The molecule has 16 heavy (non-hydrogen) atoms. The van der Waals surface area contributed by atoms with Gasteiger partial charge in [0.05, 0.1) is 0 Å². The SMILES string of the molecule is CC.CC.Cn1c(=O)nc2n(c1=O)CCC2. The minimum atomic E-state index is -0.451. The van der Waals surface area contributed by atoms with E-state index in [-0.39, 0.29) is 5.69 Å². The van der Waals surface area contributed by atoms with Gasteiger partial charge in [-0.2, -0.15) is 4.98 Å². The summed E-state index contributed by atoms with van der Waals surface area (Å²) in [6.45, 7) is 8.69. The van der Waals surface area contributed by atoms with Crippen LogP contribution in [0, 0.1) is 0 Å². The average Bonchev–Trinajstić information content (AvgIpc) is 2.79. The molecule has 0 saturated heterocycles. The van der Waals surface area contributed by atoms with E-state index in [1.807, 2.05) is 27.7 Å². The van der Waals surface area contributed by atoms with Crippen molar-refractivity contribution in [3.63, 3.8) is 0 Å². The van der Waals surface area contributed by atoms with Crippen molar-refractivity contribution in [2.45, 2.75) is 47.1 Å². The summed E-state index contributed by atoms with van der Waals surface area (Å²) >= 11 is 0. The molecule has 0 unspecified atom stereocenters. The molecule has 1 aliphatic rings. The Morgan fingerprint density at radius 3 is 2.25 bits per heavy atom. The molecule has 1 aromatic rings. The molecule has 0 N–H and O–H groups in total. The molecule has 5 heteroatoms. The molecule has 1 aliphatic heterocycles. The van der Waals surface area contributed by atoms with Gasteiger partial charge < -0.3 is 0 Å². The van der Waals surface area contributed by atoms with E-state index in [1.54, 1.807) is 4.57 Å². The third-order valence-electron chi connectivity index (χ3n) is 2.12. The summed E-state index contributed by atoms with van der Waals surface area (Å²) in [6, 6.07) is 0. The van der Waals surface area contributed by atoms with Crippen molar-refractivity contribution in [1.82, 2.24) is 14.1 Å². The number of hydrogen-bond donors (Lipinski definition) is 0. The lowest BCUT2D eigenvalue weighted by Gasteiger charge is -2.01. The van der Waals surface area contributed by atoms with Gasteiger partial charge >= 0.3 is 11.4 Å². The van der Waals surface area contributed by atoms with Gasteiger partial charge in [-0.15, -0.1) is 0 Å². The van der Waals surface area contributed by atoms with Crippen LogP contribution in [-0.2, 0) is 20.0 Å².